The minimum Gasteiger partial charge on any atom is -0.462 e. The van der Waals surface area contributed by atoms with Gasteiger partial charge in [-0.3, -0.25) is 14.4 Å². The van der Waals surface area contributed by atoms with Crippen molar-refractivity contribution < 1.29 is 28.6 Å². The third-order valence-electron chi connectivity index (χ3n) is 15.1. The molecule has 0 fully saturated rings. The van der Waals surface area contributed by atoms with Crippen LogP contribution in [-0.2, 0) is 28.6 Å². The summed E-state index contributed by atoms with van der Waals surface area (Å²) < 4.78 is 16.9. The summed E-state index contributed by atoms with van der Waals surface area (Å²) >= 11 is 0. The zero-order chi connectivity index (χ0) is 54.3. The number of hydrogen-bond acceptors (Lipinski definition) is 6. The lowest BCUT2D eigenvalue weighted by molar-refractivity contribution is -0.167. The Labute approximate surface area is 467 Å². The van der Waals surface area contributed by atoms with Crippen molar-refractivity contribution in [3.8, 4) is 0 Å². The molecule has 0 rings (SSSR count). The average Bonchev–Trinajstić information content (AvgIpc) is 3.41. The van der Waals surface area contributed by atoms with Crippen molar-refractivity contribution in [2.75, 3.05) is 13.2 Å². The predicted molar refractivity (Wildman–Crippen MR) is 326 cm³/mol. The van der Waals surface area contributed by atoms with Crippen molar-refractivity contribution in [3.05, 3.63) is 36.5 Å². The first-order valence-electron chi connectivity index (χ1n) is 33.5. The molecule has 0 heterocycles. The van der Waals surface area contributed by atoms with Crippen molar-refractivity contribution in [2.45, 2.75) is 374 Å². The van der Waals surface area contributed by atoms with Gasteiger partial charge in [-0.1, -0.05) is 308 Å². The molecule has 0 aliphatic carbocycles. The Hall–Kier alpha value is -2.37. The van der Waals surface area contributed by atoms with Gasteiger partial charge in [-0.2, -0.15) is 0 Å². The van der Waals surface area contributed by atoms with Gasteiger partial charge in [0.2, 0.25) is 0 Å². The molecule has 0 amide bonds. The van der Waals surface area contributed by atoms with E-state index in [0.717, 1.165) is 89.9 Å². The number of rotatable bonds is 62. The van der Waals surface area contributed by atoms with Gasteiger partial charge in [-0.25, -0.2) is 0 Å². The van der Waals surface area contributed by atoms with Crippen molar-refractivity contribution in [2.24, 2.45) is 0 Å². The highest BCUT2D eigenvalue weighted by Crippen LogP contribution is 2.18. The van der Waals surface area contributed by atoms with Crippen molar-refractivity contribution in [1.82, 2.24) is 0 Å². The summed E-state index contributed by atoms with van der Waals surface area (Å²) in [7, 11) is 0. The molecule has 0 aromatic rings. The third kappa shape index (κ3) is 62.4. The molecular weight excluding hydrogens is 925 g/mol. The molecule has 0 aliphatic heterocycles. The Balaban J connectivity index is 4.15. The molecule has 1 unspecified atom stereocenters. The normalized spacial score (nSPS) is 12.2. The molecule has 0 bridgehead atoms. The van der Waals surface area contributed by atoms with Gasteiger partial charge in [0.05, 0.1) is 0 Å². The smallest absolute Gasteiger partial charge is 0.306 e. The van der Waals surface area contributed by atoms with E-state index in [0.29, 0.717) is 19.3 Å². The summed E-state index contributed by atoms with van der Waals surface area (Å²) in [5.74, 6) is -0.878. The van der Waals surface area contributed by atoms with Crippen LogP contribution in [0.3, 0.4) is 0 Å². The second kappa shape index (κ2) is 64.2. The van der Waals surface area contributed by atoms with Gasteiger partial charge in [0.15, 0.2) is 6.10 Å². The third-order valence-corrected chi connectivity index (χ3v) is 15.1. The maximum absolute atomic E-state index is 12.9. The van der Waals surface area contributed by atoms with Crippen LogP contribution >= 0.6 is 0 Å². The van der Waals surface area contributed by atoms with Gasteiger partial charge >= 0.3 is 17.9 Å². The van der Waals surface area contributed by atoms with Crippen LogP contribution in [0.15, 0.2) is 36.5 Å². The van der Waals surface area contributed by atoms with Crippen LogP contribution in [0.2, 0.25) is 0 Å². The number of unbranched alkanes of at least 4 members (excludes halogenated alkanes) is 45. The molecule has 0 aromatic carbocycles. The largest absolute Gasteiger partial charge is 0.462 e. The van der Waals surface area contributed by atoms with Gasteiger partial charge in [0, 0.05) is 19.3 Å². The van der Waals surface area contributed by atoms with Crippen LogP contribution < -0.4 is 0 Å². The van der Waals surface area contributed by atoms with E-state index in [1.54, 1.807) is 0 Å². The molecule has 440 valence electrons. The Morgan fingerprint density at radius 3 is 0.787 bits per heavy atom. The topological polar surface area (TPSA) is 78.9 Å². The van der Waals surface area contributed by atoms with E-state index in [-0.39, 0.29) is 31.1 Å². The number of allylic oxidation sites excluding steroid dienone is 6. The number of ether oxygens (including phenoxy) is 3. The summed E-state index contributed by atoms with van der Waals surface area (Å²) in [4.78, 5) is 38.3. The summed E-state index contributed by atoms with van der Waals surface area (Å²) in [5.41, 5.74) is 0. The number of carbonyl (C=O) groups excluding carboxylic acids is 3. The van der Waals surface area contributed by atoms with Crippen LogP contribution in [-0.4, -0.2) is 37.2 Å². The number of hydrogen-bond donors (Lipinski definition) is 0. The van der Waals surface area contributed by atoms with Crippen LogP contribution in [0.1, 0.15) is 367 Å². The molecule has 75 heavy (non-hydrogen) atoms. The first kappa shape index (κ1) is 72.6. The SMILES string of the molecule is CCCCC/C=C\C/C=C\CCCCCCCC(=O)OC(COC(=O)CCCCCCC/C=C\CCCCCC)COC(=O)CCCCCCCCCCCCCCCCCCCCCCCCCCCCCCC. The second-order valence-electron chi connectivity index (χ2n) is 22.7. The highest BCUT2D eigenvalue weighted by atomic mass is 16.6. The Morgan fingerprint density at radius 2 is 0.480 bits per heavy atom. The zero-order valence-corrected chi connectivity index (χ0v) is 50.6. The van der Waals surface area contributed by atoms with Crippen LogP contribution in [0.25, 0.3) is 0 Å². The fraction of sp³-hybridized carbons (Fsp3) is 0.870. The molecule has 0 spiro atoms. The Morgan fingerprint density at radius 1 is 0.267 bits per heavy atom. The molecule has 0 saturated carbocycles. The summed E-state index contributed by atoms with van der Waals surface area (Å²) in [6.07, 6.45) is 78.9. The summed E-state index contributed by atoms with van der Waals surface area (Å²) in [5, 5.41) is 0. The highest BCUT2D eigenvalue weighted by molar-refractivity contribution is 5.71. The molecule has 0 saturated heterocycles. The van der Waals surface area contributed by atoms with E-state index < -0.39 is 6.10 Å². The van der Waals surface area contributed by atoms with Crippen molar-refractivity contribution in [1.29, 1.82) is 0 Å². The van der Waals surface area contributed by atoms with Gasteiger partial charge in [-0.15, -0.1) is 0 Å². The van der Waals surface area contributed by atoms with Gasteiger partial charge in [0.1, 0.15) is 13.2 Å². The lowest BCUT2D eigenvalue weighted by atomic mass is 10.0. The van der Waals surface area contributed by atoms with E-state index >= 15 is 0 Å². The summed E-state index contributed by atoms with van der Waals surface area (Å²) in [6.45, 7) is 6.64. The molecule has 0 aromatic heterocycles. The molecule has 6 heteroatoms. The fourth-order valence-electron chi connectivity index (χ4n) is 10.1. The van der Waals surface area contributed by atoms with Gasteiger partial charge < -0.3 is 14.2 Å². The highest BCUT2D eigenvalue weighted by Gasteiger charge is 2.19. The van der Waals surface area contributed by atoms with Crippen molar-refractivity contribution >= 4 is 17.9 Å². The fourth-order valence-corrected chi connectivity index (χ4v) is 10.1. The average molecular weight is 1050 g/mol. The maximum Gasteiger partial charge on any atom is 0.306 e. The first-order valence-corrected chi connectivity index (χ1v) is 33.5. The van der Waals surface area contributed by atoms with E-state index in [9.17, 15) is 14.4 Å². The molecule has 1 atom stereocenters. The molecular formula is C69H128O6. The number of esters is 3. The minimum absolute atomic E-state index is 0.0766. The molecule has 0 aliphatic rings. The zero-order valence-electron chi connectivity index (χ0n) is 50.6. The predicted octanol–water partition coefficient (Wildman–Crippen LogP) is 22.8. The Kier molecular flexibility index (Phi) is 62.1. The second-order valence-corrected chi connectivity index (χ2v) is 22.7. The van der Waals surface area contributed by atoms with Crippen LogP contribution in [0.4, 0.5) is 0 Å². The van der Waals surface area contributed by atoms with Crippen LogP contribution in [0.5, 0.6) is 0 Å². The maximum atomic E-state index is 12.9. The molecule has 0 radical (unpaired) electrons. The standard InChI is InChI=1S/C69H128O6/c1-4-7-10-13-16-19-22-25-27-28-29-30-31-32-33-34-35-36-37-38-39-40-42-44-47-50-53-56-59-62-68(71)74-65-66(64-73-67(70)61-58-55-52-49-46-43-24-21-18-15-12-9-6-3)75-69(72)63-60-57-54-51-48-45-41-26-23-20-17-14-11-8-5-2/h17,20-21,24,26,41,66H,4-16,18-19,22-23,25,27-40,42-65H2,1-3H3/b20-17-,24-21-,41-26-. The minimum atomic E-state index is -0.781. The van der Waals surface area contributed by atoms with Gasteiger partial charge in [-0.05, 0) is 77.0 Å². The van der Waals surface area contributed by atoms with Gasteiger partial charge in [0.25, 0.3) is 0 Å². The number of carbonyl (C=O) groups is 3. The Bertz CT molecular complexity index is 1250. The van der Waals surface area contributed by atoms with Crippen LogP contribution in [0, 0.1) is 0 Å². The van der Waals surface area contributed by atoms with E-state index in [4.69, 9.17) is 14.2 Å². The monoisotopic (exact) mass is 1050 g/mol. The molecule has 6 nitrogen and oxygen atoms in total. The first-order chi connectivity index (χ1) is 37.0. The summed E-state index contributed by atoms with van der Waals surface area (Å²) in [6, 6.07) is 0. The van der Waals surface area contributed by atoms with Crippen molar-refractivity contribution in [3.63, 3.8) is 0 Å². The lowest BCUT2D eigenvalue weighted by Crippen LogP contribution is -2.30. The van der Waals surface area contributed by atoms with E-state index in [2.05, 4.69) is 57.2 Å². The van der Waals surface area contributed by atoms with E-state index in [1.807, 2.05) is 0 Å². The molecule has 0 N–H and O–H groups in total. The lowest BCUT2D eigenvalue weighted by Gasteiger charge is -2.18. The quantitative estimate of drug-likeness (QED) is 0.0261. The van der Waals surface area contributed by atoms with E-state index in [1.165, 1.54) is 238 Å².